The molecule has 0 saturated carbocycles. The molecule has 0 atom stereocenters. The fraction of sp³-hybridized carbons (Fsp3) is 0.160. The first-order valence-corrected chi connectivity index (χ1v) is 12.2. The minimum absolute atomic E-state index is 0.165. The lowest BCUT2D eigenvalue weighted by Gasteiger charge is -2.23. The monoisotopic (exact) mass is 457 g/mol. The van der Waals surface area contributed by atoms with Gasteiger partial charge in [0.1, 0.15) is 0 Å². The molecule has 0 aliphatic rings. The molecule has 0 saturated heterocycles. The van der Waals surface area contributed by atoms with Crippen molar-refractivity contribution in [1.82, 2.24) is 24.3 Å². The molecular formula is C25H23N5O2S. The van der Waals surface area contributed by atoms with E-state index in [1.807, 2.05) is 67.6 Å². The summed E-state index contributed by atoms with van der Waals surface area (Å²) >= 11 is 0. The highest BCUT2D eigenvalue weighted by Gasteiger charge is 2.26. The molecule has 2 heterocycles. The number of benzene rings is 3. The van der Waals surface area contributed by atoms with Gasteiger partial charge in [0.15, 0.2) is 5.65 Å². The van der Waals surface area contributed by atoms with Gasteiger partial charge in [-0.3, -0.25) is 0 Å². The van der Waals surface area contributed by atoms with Crippen molar-refractivity contribution in [2.45, 2.75) is 24.8 Å². The van der Waals surface area contributed by atoms with Gasteiger partial charge in [0.25, 0.3) is 0 Å². The predicted molar refractivity (Wildman–Crippen MR) is 127 cm³/mol. The molecule has 8 heteroatoms. The van der Waals surface area contributed by atoms with Crippen LogP contribution in [0.3, 0.4) is 0 Å². The van der Waals surface area contributed by atoms with Crippen molar-refractivity contribution < 1.29 is 8.42 Å². The average Bonchev–Trinajstić information content (AvgIpc) is 3.33. The Morgan fingerprint density at radius 3 is 2.39 bits per heavy atom. The highest BCUT2D eigenvalue weighted by molar-refractivity contribution is 7.89. The maximum Gasteiger partial charge on any atom is 0.243 e. The Hall–Kier alpha value is -3.62. The number of aromatic nitrogens is 4. The molecule has 0 radical (unpaired) electrons. The van der Waals surface area contributed by atoms with E-state index in [4.69, 9.17) is 0 Å². The summed E-state index contributed by atoms with van der Waals surface area (Å²) in [4.78, 5) is 0.269. The van der Waals surface area contributed by atoms with Crippen LogP contribution in [0.2, 0.25) is 0 Å². The van der Waals surface area contributed by atoms with Crippen LogP contribution in [-0.4, -0.2) is 39.3 Å². The summed E-state index contributed by atoms with van der Waals surface area (Å²) in [6.07, 6.45) is 0.598. The summed E-state index contributed by atoms with van der Waals surface area (Å²) in [6.45, 7) is 2.51. The Labute approximate surface area is 192 Å². The molecule has 0 amide bonds. The van der Waals surface area contributed by atoms with Crippen LogP contribution in [0.15, 0.2) is 89.8 Å². The van der Waals surface area contributed by atoms with Crippen LogP contribution < -0.4 is 0 Å². The van der Waals surface area contributed by atoms with Gasteiger partial charge >= 0.3 is 0 Å². The smallest absolute Gasteiger partial charge is 0.207 e. The summed E-state index contributed by atoms with van der Waals surface area (Å²) in [6, 6.07) is 26.4. The number of nitrogens with zero attached hydrogens (tertiary/aromatic N) is 5. The van der Waals surface area contributed by atoms with Crippen LogP contribution in [0.5, 0.6) is 0 Å². The number of hydrogen-bond acceptors (Lipinski definition) is 5. The molecule has 0 unspecified atom stereocenters. The van der Waals surface area contributed by atoms with Gasteiger partial charge in [0, 0.05) is 24.0 Å². The lowest BCUT2D eigenvalue weighted by atomic mass is 10.1. The van der Waals surface area contributed by atoms with Gasteiger partial charge in [-0.2, -0.15) is 8.82 Å². The summed E-state index contributed by atoms with van der Waals surface area (Å²) < 4.78 is 30.4. The second-order valence-electron chi connectivity index (χ2n) is 7.98. The maximum atomic E-state index is 13.6. The summed E-state index contributed by atoms with van der Waals surface area (Å²) in [7, 11) is -3.73. The molecule has 3 aromatic carbocycles. The molecule has 2 aromatic heterocycles. The highest BCUT2D eigenvalue weighted by atomic mass is 32.2. The maximum absolute atomic E-state index is 13.6. The largest absolute Gasteiger partial charge is 0.243 e. The molecule has 0 aliphatic carbocycles. The van der Waals surface area contributed by atoms with Crippen LogP contribution in [0.4, 0.5) is 0 Å². The SMILES string of the molecule is Cc1cccc2cc(CN(CCc3ccccc3)S(=O)(=O)c3ccccc3)c3nnnn3c12. The molecule has 0 aliphatic heterocycles. The molecule has 5 aromatic rings. The van der Waals surface area contributed by atoms with E-state index in [-0.39, 0.29) is 11.4 Å². The fourth-order valence-electron chi connectivity index (χ4n) is 4.11. The van der Waals surface area contributed by atoms with Gasteiger partial charge in [-0.1, -0.05) is 66.7 Å². The Morgan fingerprint density at radius 1 is 0.909 bits per heavy atom. The normalized spacial score (nSPS) is 12.1. The van der Waals surface area contributed by atoms with Crippen molar-refractivity contribution in [3.63, 3.8) is 0 Å². The van der Waals surface area contributed by atoms with E-state index in [0.29, 0.717) is 18.6 Å². The summed E-state index contributed by atoms with van der Waals surface area (Å²) in [5.41, 5.74) is 4.36. The number of pyridine rings is 1. The molecule has 0 spiro atoms. The van der Waals surface area contributed by atoms with Crippen molar-refractivity contribution in [2.75, 3.05) is 6.54 Å². The van der Waals surface area contributed by atoms with Crippen LogP contribution in [0.1, 0.15) is 16.7 Å². The molecule has 5 rings (SSSR count). The van der Waals surface area contributed by atoms with Crippen molar-refractivity contribution >= 4 is 26.6 Å². The van der Waals surface area contributed by atoms with Crippen molar-refractivity contribution in [1.29, 1.82) is 0 Å². The number of hydrogen-bond donors (Lipinski definition) is 0. The zero-order valence-corrected chi connectivity index (χ0v) is 19.0. The third-order valence-corrected chi connectivity index (χ3v) is 7.65. The molecule has 33 heavy (non-hydrogen) atoms. The second kappa shape index (κ2) is 8.73. The molecule has 0 N–H and O–H groups in total. The lowest BCUT2D eigenvalue weighted by Crippen LogP contribution is -2.32. The summed E-state index contributed by atoms with van der Waals surface area (Å²) in [5.74, 6) is 0. The van der Waals surface area contributed by atoms with E-state index in [2.05, 4.69) is 15.5 Å². The van der Waals surface area contributed by atoms with Crippen LogP contribution in [0.25, 0.3) is 16.6 Å². The van der Waals surface area contributed by atoms with Gasteiger partial charge in [0.05, 0.1) is 10.4 Å². The van der Waals surface area contributed by atoms with E-state index in [9.17, 15) is 8.42 Å². The molecular weight excluding hydrogens is 434 g/mol. The van der Waals surface area contributed by atoms with Gasteiger partial charge < -0.3 is 0 Å². The molecule has 7 nitrogen and oxygen atoms in total. The summed E-state index contributed by atoms with van der Waals surface area (Å²) in [5, 5.41) is 13.2. The number of sulfonamides is 1. The predicted octanol–water partition coefficient (Wildman–Crippen LogP) is 4.02. The van der Waals surface area contributed by atoms with E-state index >= 15 is 0 Å². The third kappa shape index (κ3) is 4.10. The number of fused-ring (bicyclic) bond motifs is 3. The van der Waals surface area contributed by atoms with Crippen LogP contribution in [0, 0.1) is 6.92 Å². The van der Waals surface area contributed by atoms with Crippen molar-refractivity contribution in [3.8, 4) is 0 Å². The molecule has 0 bridgehead atoms. The minimum atomic E-state index is -3.73. The average molecular weight is 458 g/mol. The van der Waals surface area contributed by atoms with Crippen LogP contribution >= 0.6 is 0 Å². The van der Waals surface area contributed by atoms with E-state index < -0.39 is 10.0 Å². The van der Waals surface area contributed by atoms with E-state index in [1.54, 1.807) is 28.8 Å². The van der Waals surface area contributed by atoms with E-state index in [1.165, 1.54) is 4.31 Å². The lowest BCUT2D eigenvalue weighted by molar-refractivity contribution is 0.410. The number of aryl methyl sites for hydroxylation is 1. The highest BCUT2D eigenvalue weighted by Crippen LogP contribution is 2.25. The van der Waals surface area contributed by atoms with Gasteiger partial charge in [-0.25, -0.2) is 8.42 Å². The van der Waals surface area contributed by atoms with Gasteiger partial charge in [0.2, 0.25) is 10.0 Å². The Balaban J connectivity index is 1.58. The van der Waals surface area contributed by atoms with E-state index in [0.717, 1.165) is 27.6 Å². The van der Waals surface area contributed by atoms with Crippen molar-refractivity contribution in [2.24, 2.45) is 0 Å². The Kier molecular flexibility index (Phi) is 5.62. The minimum Gasteiger partial charge on any atom is -0.207 e. The Morgan fingerprint density at radius 2 is 1.64 bits per heavy atom. The first-order valence-electron chi connectivity index (χ1n) is 10.7. The van der Waals surface area contributed by atoms with Crippen molar-refractivity contribution in [3.05, 3.63) is 102 Å². The topological polar surface area (TPSA) is 80.5 Å². The standard InChI is InChI=1S/C25H23N5O2S/c1-19-9-8-12-21-17-22(25-26-27-28-30(25)24(19)21)18-29(16-15-20-10-4-2-5-11-20)33(31,32)23-13-6-3-7-14-23/h2-14,17H,15-16,18H2,1H3. The first-order chi connectivity index (χ1) is 16.0. The second-order valence-corrected chi connectivity index (χ2v) is 9.92. The number of rotatable bonds is 7. The number of para-hydroxylation sites is 1. The van der Waals surface area contributed by atoms with Gasteiger partial charge in [-0.15, -0.1) is 5.10 Å². The molecule has 166 valence electrons. The Bertz CT molecular complexity index is 1520. The first kappa shape index (κ1) is 21.2. The third-order valence-electron chi connectivity index (χ3n) is 5.79. The molecule has 0 fully saturated rings. The van der Waals surface area contributed by atoms with Crippen LogP contribution in [-0.2, 0) is 23.0 Å². The number of tetrazole rings is 1. The quantitative estimate of drug-likeness (QED) is 0.369. The fourth-order valence-corrected chi connectivity index (χ4v) is 5.55. The zero-order valence-electron chi connectivity index (χ0n) is 18.2. The zero-order chi connectivity index (χ0) is 22.8. The van der Waals surface area contributed by atoms with Gasteiger partial charge in [-0.05, 0) is 53.1 Å².